The van der Waals surface area contributed by atoms with Gasteiger partial charge in [-0.05, 0) is 36.8 Å². The number of hydrogen-bond acceptors (Lipinski definition) is 3. The minimum Gasteiger partial charge on any atom is -0.481 e. The third-order valence-corrected chi connectivity index (χ3v) is 4.16. The Morgan fingerprint density at radius 1 is 1.33 bits per heavy atom. The minimum absolute atomic E-state index is 0.201. The molecule has 0 aliphatic carbocycles. The molecule has 2 rings (SSSR count). The van der Waals surface area contributed by atoms with Crippen molar-refractivity contribution < 1.29 is 19.5 Å². The number of carbonyl (C=O) groups is 3. The van der Waals surface area contributed by atoms with E-state index in [0.717, 1.165) is 11.3 Å². The number of hydrogen-bond donors (Lipinski definition) is 3. The summed E-state index contributed by atoms with van der Waals surface area (Å²) in [5, 5.41) is 14.6. The van der Waals surface area contributed by atoms with Crippen LogP contribution in [0.1, 0.15) is 38.7 Å². The van der Waals surface area contributed by atoms with Gasteiger partial charge in [0.25, 0.3) is 0 Å². The van der Waals surface area contributed by atoms with E-state index in [9.17, 15) is 14.4 Å². The van der Waals surface area contributed by atoms with E-state index in [2.05, 4.69) is 10.6 Å². The summed E-state index contributed by atoms with van der Waals surface area (Å²) in [4.78, 5) is 35.8. The number of aryl methyl sites for hydroxylation is 1. The summed E-state index contributed by atoms with van der Waals surface area (Å²) in [5.74, 6) is -2.05. The number of nitrogens with one attached hydrogen (secondary N) is 2. The highest BCUT2D eigenvalue weighted by molar-refractivity contribution is 5.98. The molecule has 0 saturated carbocycles. The average Bonchev–Trinajstić information content (AvgIpc) is 2.65. The molecule has 3 N–H and O–H groups in total. The monoisotopic (exact) mass is 332 g/mol. The molecule has 2 unspecified atom stereocenters. The van der Waals surface area contributed by atoms with Crippen molar-refractivity contribution in [3.05, 3.63) is 29.8 Å². The number of carboxylic acids is 1. The zero-order valence-electron chi connectivity index (χ0n) is 14.0. The molecule has 0 spiro atoms. The molecule has 2 amide bonds. The van der Waals surface area contributed by atoms with Crippen LogP contribution in [0.5, 0.6) is 0 Å². The van der Waals surface area contributed by atoms with Crippen LogP contribution in [0, 0.1) is 11.8 Å². The molecule has 0 radical (unpaired) electrons. The van der Waals surface area contributed by atoms with Gasteiger partial charge >= 0.3 is 5.97 Å². The maximum Gasteiger partial charge on any atom is 0.304 e. The van der Waals surface area contributed by atoms with E-state index in [1.54, 1.807) is 0 Å². The van der Waals surface area contributed by atoms with Gasteiger partial charge in [0.1, 0.15) is 6.04 Å². The van der Waals surface area contributed by atoms with Gasteiger partial charge in [0.2, 0.25) is 11.8 Å². The first-order chi connectivity index (χ1) is 11.4. The van der Waals surface area contributed by atoms with Gasteiger partial charge in [0.05, 0.1) is 6.42 Å². The fourth-order valence-corrected chi connectivity index (χ4v) is 3.00. The van der Waals surface area contributed by atoms with Gasteiger partial charge in [-0.25, -0.2) is 0 Å². The normalized spacial score (nSPS) is 18.3. The maximum atomic E-state index is 12.5. The van der Waals surface area contributed by atoms with Crippen molar-refractivity contribution in [3.8, 4) is 0 Å². The highest BCUT2D eigenvalue weighted by Gasteiger charge is 2.29. The van der Waals surface area contributed by atoms with Crippen molar-refractivity contribution in [3.63, 3.8) is 0 Å². The second-order valence-corrected chi connectivity index (χ2v) is 6.67. The first-order valence-electron chi connectivity index (χ1n) is 8.27. The molecule has 0 saturated heterocycles. The molecule has 6 nitrogen and oxygen atoms in total. The van der Waals surface area contributed by atoms with Crippen LogP contribution < -0.4 is 10.6 Å². The lowest BCUT2D eigenvalue weighted by Gasteiger charge is -2.21. The van der Waals surface area contributed by atoms with E-state index in [1.165, 1.54) is 0 Å². The van der Waals surface area contributed by atoms with E-state index < -0.39 is 17.9 Å². The van der Waals surface area contributed by atoms with Crippen molar-refractivity contribution in [1.82, 2.24) is 5.32 Å². The predicted octanol–water partition coefficient (Wildman–Crippen LogP) is 2.19. The average molecular weight is 332 g/mol. The fourth-order valence-electron chi connectivity index (χ4n) is 3.00. The van der Waals surface area contributed by atoms with Crippen LogP contribution in [0.2, 0.25) is 0 Å². The summed E-state index contributed by atoms with van der Waals surface area (Å²) in [6.07, 6.45) is 1.43. The number of anilines is 1. The fraction of sp³-hybridized carbons (Fsp3) is 0.500. The van der Waals surface area contributed by atoms with E-state index in [0.29, 0.717) is 19.3 Å². The number of aliphatic carboxylic acids is 1. The van der Waals surface area contributed by atoms with E-state index >= 15 is 0 Å². The Labute approximate surface area is 141 Å². The lowest BCUT2D eigenvalue weighted by molar-refractivity contribution is -0.141. The van der Waals surface area contributed by atoms with E-state index in [4.69, 9.17) is 5.11 Å². The molecule has 1 aromatic carbocycles. The number of amides is 2. The number of fused-ring (bicyclic) bond motifs is 1. The molecule has 2 atom stereocenters. The molecule has 1 aliphatic rings. The van der Waals surface area contributed by atoms with Gasteiger partial charge in [-0.3, -0.25) is 14.4 Å². The smallest absolute Gasteiger partial charge is 0.304 e. The summed E-state index contributed by atoms with van der Waals surface area (Å²) >= 11 is 0. The van der Waals surface area contributed by atoms with Crippen LogP contribution >= 0.6 is 0 Å². The van der Waals surface area contributed by atoms with Crippen LogP contribution in [-0.4, -0.2) is 28.9 Å². The lowest BCUT2D eigenvalue weighted by Crippen LogP contribution is -2.46. The summed E-state index contributed by atoms with van der Waals surface area (Å²) in [6, 6.07) is 6.90. The van der Waals surface area contributed by atoms with Crippen molar-refractivity contribution >= 4 is 23.5 Å². The lowest BCUT2D eigenvalue weighted by atomic mass is 9.93. The maximum absolute atomic E-state index is 12.5. The quantitative estimate of drug-likeness (QED) is 0.744. The second kappa shape index (κ2) is 7.95. The van der Waals surface area contributed by atoms with Gasteiger partial charge in [-0.15, -0.1) is 0 Å². The van der Waals surface area contributed by atoms with Crippen LogP contribution in [-0.2, 0) is 20.8 Å². The molecule has 24 heavy (non-hydrogen) atoms. The molecule has 1 heterocycles. The molecule has 1 aromatic rings. The number of carbonyl (C=O) groups excluding carboxylic acids is 2. The number of para-hydroxylation sites is 1. The van der Waals surface area contributed by atoms with Crippen LogP contribution in [0.15, 0.2) is 24.3 Å². The Kier molecular flexibility index (Phi) is 5.95. The summed E-state index contributed by atoms with van der Waals surface area (Å²) < 4.78 is 0. The van der Waals surface area contributed by atoms with E-state index in [1.807, 2.05) is 38.1 Å². The Balaban J connectivity index is 2.04. The Bertz CT molecular complexity index is 627. The molecule has 0 aromatic heterocycles. The molecular formula is C18H24N2O4. The minimum atomic E-state index is -1.01. The Morgan fingerprint density at radius 2 is 2.04 bits per heavy atom. The second-order valence-electron chi connectivity index (χ2n) is 6.67. The summed E-state index contributed by atoms with van der Waals surface area (Å²) in [6.45, 7) is 3.88. The first kappa shape index (κ1) is 18.0. The third-order valence-electron chi connectivity index (χ3n) is 4.16. The van der Waals surface area contributed by atoms with Crippen molar-refractivity contribution in [2.45, 2.75) is 45.6 Å². The van der Waals surface area contributed by atoms with Gasteiger partial charge in [-0.1, -0.05) is 32.0 Å². The number of benzene rings is 1. The van der Waals surface area contributed by atoms with E-state index in [-0.39, 0.29) is 24.2 Å². The zero-order chi connectivity index (χ0) is 17.7. The molecular weight excluding hydrogens is 308 g/mol. The van der Waals surface area contributed by atoms with Crippen molar-refractivity contribution in [2.75, 3.05) is 5.32 Å². The Morgan fingerprint density at radius 3 is 2.71 bits per heavy atom. The third kappa shape index (κ3) is 4.81. The number of rotatable bonds is 6. The summed E-state index contributed by atoms with van der Waals surface area (Å²) in [7, 11) is 0. The van der Waals surface area contributed by atoms with Crippen LogP contribution in [0.4, 0.5) is 5.69 Å². The molecule has 130 valence electrons. The molecule has 1 aliphatic heterocycles. The standard InChI is InChI=1S/C18H24N2O4/c1-11(2)9-13(10-16(21)22)17(23)20-15-8-7-12-5-3-4-6-14(12)19-18(15)24/h3-6,11,13,15H,7-10H2,1-2H3,(H,19,24)(H,20,23)(H,21,22). The Hall–Kier alpha value is -2.37. The molecule has 6 heteroatoms. The van der Waals surface area contributed by atoms with Crippen LogP contribution in [0.25, 0.3) is 0 Å². The molecule has 0 fully saturated rings. The number of carboxylic acid groups (broad SMARTS) is 1. The van der Waals surface area contributed by atoms with Gasteiger partial charge in [0, 0.05) is 11.6 Å². The predicted molar refractivity (Wildman–Crippen MR) is 90.5 cm³/mol. The summed E-state index contributed by atoms with van der Waals surface area (Å²) in [5.41, 5.74) is 1.80. The van der Waals surface area contributed by atoms with Crippen molar-refractivity contribution in [2.24, 2.45) is 11.8 Å². The highest BCUT2D eigenvalue weighted by Crippen LogP contribution is 2.22. The highest BCUT2D eigenvalue weighted by atomic mass is 16.4. The van der Waals surface area contributed by atoms with Crippen LogP contribution in [0.3, 0.4) is 0 Å². The van der Waals surface area contributed by atoms with Gasteiger partial charge < -0.3 is 15.7 Å². The first-order valence-corrected chi connectivity index (χ1v) is 8.27. The van der Waals surface area contributed by atoms with Gasteiger partial charge in [0.15, 0.2) is 0 Å². The SMILES string of the molecule is CC(C)CC(CC(=O)O)C(=O)NC1CCc2ccccc2NC1=O. The van der Waals surface area contributed by atoms with Crippen molar-refractivity contribution in [1.29, 1.82) is 0 Å². The largest absolute Gasteiger partial charge is 0.481 e. The zero-order valence-corrected chi connectivity index (χ0v) is 14.0. The van der Waals surface area contributed by atoms with Gasteiger partial charge in [-0.2, -0.15) is 0 Å². The molecule has 0 bridgehead atoms. The topological polar surface area (TPSA) is 95.5 Å².